The Morgan fingerprint density at radius 3 is 1.48 bits per heavy atom. The summed E-state index contributed by atoms with van der Waals surface area (Å²) in [6, 6.07) is 25.7. The van der Waals surface area contributed by atoms with E-state index < -0.39 is 28.1 Å². The number of carbonyl (C=O) groups is 2. The zero-order valence-corrected chi connectivity index (χ0v) is 26.6. The van der Waals surface area contributed by atoms with Crippen molar-refractivity contribution in [2.24, 2.45) is 0 Å². The molecule has 0 radical (unpaired) electrons. The van der Waals surface area contributed by atoms with Gasteiger partial charge in [0, 0.05) is 11.8 Å². The van der Waals surface area contributed by atoms with E-state index in [1.54, 1.807) is 32.9 Å². The molecule has 0 aromatic heterocycles. The number of ether oxygens (including phenoxy) is 2. The highest BCUT2D eigenvalue weighted by Crippen LogP contribution is 2.31. The molecule has 0 aliphatic rings. The Labute approximate surface area is 259 Å². The number of anilines is 1. The molecule has 0 bridgehead atoms. The van der Waals surface area contributed by atoms with Gasteiger partial charge in [0.1, 0.15) is 16.8 Å². The fourth-order valence-electron chi connectivity index (χ4n) is 4.40. The molecule has 2 N–H and O–H groups in total. The van der Waals surface area contributed by atoms with Crippen molar-refractivity contribution in [2.75, 3.05) is 5.73 Å². The van der Waals surface area contributed by atoms with E-state index in [0.29, 0.717) is 16.8 Å². The van der Waals surface area contributed by atoms with Crippen molar-refractivity contribution in [1.29, 1.82) is 0 Å². The molecule has 4 aromatic carbocycles. The number of aryl methyl sites for hydroxylation is 2. The normalized spacial score (nSPS) is 11.2. The van der Waals surface area contributed by atoms with Gasteiger partial charge >= 0.3 is 11.9 Å². The molecule has 0 spiro atoms. The van der Waals surface area contributed by atoms with Crippen LogP contribution in [0.15, 0.2) is 84.9 Å². The SMILES string of the molecule is Cc1ccccc1-c1ccc(C(=O)OC(C)(C)C)c(N)c1.Cc1ccccc1-c1ccc(C(=O)OC(C)(C)C)c([N+](=O)[O-])c1. The zero-order chi connectivity index (χ0) is 32.8. The predicted octanol–water partition coefficient (Wildman–Crippen LogP) is 8.73. The number of hydrogen-bond donors (Lipinski definition) is 1. The van der Waals surface area contributed by atoms with Gasteiger partial charge < -0.3 is 15.2 Å². The van der Waals surface area contributed by atoms with E-state index in [9.17, 15) is 19.7 Å². The molecule has 8 heteroatoms. The molecule has 8 nitrogen and oxygen atoms in total. The first-order valence-electron chi connectivity index (χ1n) is 14.2. The molecular formula is C36H40N2O6. The molecule has 4 aromatic rings. The highest BCUT2D eigenvalue weighted by atomic mass is 16.6. The number of nitro groups is 1. The summed E-state index contributed by atoms with van der Waals surface area (Å²) >= 11 is 0. The molecule has 4 rings (SSSR count). The van der Waals surface area contributed by atoms with Crippen molar-refractivity contribution in [1.82, 2.24) is 0 Å². The molecule has 0 atom stereocenters. The number of nitro benzene ring substituents is 1. The van der Waals surface area contributed by atoms with Crippen LogP contribution >= 0.6 is 0 Å². The minimum atomic E-state index is -0.709. The number of nitrogens with two attached hydrogens (primary N) is 1. The van der Waals surface area contributed by atoms with Gasteiger partial charge in [-0.2, -0.15) is 0 Å². The van der Waals surface area contributed by atoms with Crippen LogP contribution in [-0.2, 0) is 9.47 Å². The first-order chi connectivity index (χ1) is 20.5. The number of hydrogen-bond acceptors (Lipinski definition) is 7. The van der Waals surface area contributed by atoms with Crippen LogP contribution in [0.4, 0.5) is 11.4 Å². The third-order valence-corrected chi connectivity index (χ3v) is 6.40. The summed E-state index contributed by atoms with van der Waals surface area (Å²) in [5, 5.41) is 11.4. The Morgan fingerprint density at radius 2 is 1.07 bits per heavy atom. The van der Waals surface area contributed by atoms with Crippen LogP contribution in [0.25, 0.3) is 22.3 Å². The highest BCUT2D eigenvalue weighted by Gasteiger charge is 2.26. The van der Waals surface area contributed by atoms with Crippen LogP contribution in [-0.4, -0.2) is 28.1 Å². The molecule has 0 fully saturated rings. The second-order valence-corrected chi connectivity index (χ2v) is 12.4. The van der Waals surface area contributed by atoms with Gasteiger partial charge in [0.15, 0.2) is 0 Å². The summed E-state index contributed by atoms with van der Waals surface area (Å²) in [6.45, 7) is 14.7. The first-order valence-corrected chi connectivity index (χ1v) is 14.2. The van der Waals surface area contributed by atoms with Crippen LogP contribution in [0.1, 0.15) is 73.4 Å². The largest absolute Gasteiger partial charge is 0.456 e. The summed E-state index contributed by atoms with van der Waals surface area (Å²) in [7, 11) is 0. The van der Waals surface area contributed by atoms with E-state index >= 15 is 0 Å². The number of nitrogens with zero attached hydrogens (tertiary/aromatic N) is 1. The lowest BCUT2D eigenvalue weighted by Crippen LogP contribution is -2.24. The van der Waals surface area contributed by atoms with E-state index in [1.807, 2.05) is 95.3 Å². The van der Waals surface area contributed by atoms with Gasteiger partial charge in [-0.25, -0.2) is 9.59 Å². The molecule has 0 amide bonds. The maximum absolute atomic E-state index is 12.2. The lowest BCUT2D eigenvalue weighted by molar-refractivity contribution is -0.385. The molecule has 0 heterocycles. The Bertz CT molecular complexity index is 1680. The molecular weight excluding hydrogens is 556 g/mol. The van der Waals surface area contributed by atoms with E-state index in [4.69, 9.17) is 15.2 Å². The van der Waals surface area contributed by atoms with E-state index in [-0.39, 0.29) is 11.3 Å². The zero-order valence-electron chi connectivity index (χ0n) is 26.6. The van der Waals surface area contributed by atoms with E-state index in [0.717, 1.165) is 22.3 Å². The van der Waals surface area contributed by atoms with Gasteiger partial charge in [0.2, 0.25) is 0 Å². The van der Waals surface area contributed by atoms with Crippen LogP contribution in [0.2, 0.25) is 0 Å². The summed E-state index contributed by atoms with van der Waals surface area (Å²) in [5.41, 5.74) is 11.2. The average molecular weight is 597 g/mol. The minimum Gasteiger partial charge on any atom is -0.456 e. The number of carbonyl (C=O) groups excluding carboxylic acids is 2. The number of rotatable bonds is 5. The Hall–Kier alpha value is -4.98. The van der Waals surface area contributed by atoms with Gasteiger partial charge in [-0.3, -0.25) is 10.1 Å². The predicted molar refractivity (Wildman–Crippen MR) is 175 cm³/mol. The first kappa shape index (κ1) is 33.5. The Morgan fingerprint density at radius 1 is 0.659 bits per heavy atom. The smallest absolute Gasteiger partial charge is 0.345 e. The summed E-state index contributed by atoms with van der Waals surface area (Å²) in [6.07, 6.45) is 0. The van der Waals surface area contributed by atoms with Gasteiger partial charge in [-0.15, -0.1) is 0 Å². The topological polar surface area (TPSA) is 122 Å². The summed E-state index contributed by atoms with van der Waals surface area (Å²) in [4.78, 5) is 35.1. The molecule has 0 saturated heterocycles. The quantitative estimate of drug-likeness (QED) is 0.106. The maximum Gasteiger partial charge on any atom is 0.345 e. The summed E-state index contributed by atoms with van der Waals surface area (Å²) in [5.74, 6) is -1.09. The molecule has 0 aliphatic heterocycles. The van der Waals surface area contributed by atoms with Crippen LogP contribution in [0.5, 0.6) is 0 Å². The molecule has 0 unspecified atom stereocenters. The monoisotopic (exact) mass is 596 g/mol. The standard InChI is InChI=1S/C18H19NO4.C18H21NO2/c1-12-7-5-6-8-14(12)13-9-10-15(16(11-13)19(21)22)17(20)23-18(2,3)4;1-12-7-5-6-8-14(12)13-9-10-15(16(19)11-13)17(20)21-18(2,3)4/h5-11H,1-4H3;5-11H,19H2,1-4H3. The summed E-state index contributed by atoms with van der Waals surface area (Å²) < 4.78 is 10.6. The molecule has 0 aliphatic carbocycles. The fourth-order valence-corrected chi connectivity index (χ4v) is 4.40. The maximum atomic E-state index is 12.2. The Balaban J connectivity index is 0.000000241. The minimum absolute atomic E-state index is 0.0396. The average Bonchev–Trinajstić information content (AvgIpc) is 2.91. The lowest BCUT2D eigenvalue weighted by atomic mass is 9.98. The van der Waals surface area contributed by atoms with Gasteiger partial charge in [-0.1, -0.05) is 60.7 Å². The molecule has 44 heavy (non-hydrogen) atoms. The van der Waals surface area contributed by atoms with Crippen molar-refractivity contribution in [3.05, 3.63) is 117 Å². The molecule has 230 valence electrons. The fraction of sp³-hybridized carbons (Fsp3) is 0.278. The van der Waals surface area contributed by atoms with Crippen LogP contribution in [0, 0.1) is 24.0 Å². The van der Waals surface area contributed by atoms with E-state index in [1.165, 1.54) is 17.7 Å². The van der Waals surface area contributed by atoms with Crippen LogP contribution < -0.4 is 5.73 Å². The highest BCUT2D eigenvalue weighted by molar-refractivity contribution is 5.97. The third-order valence-electron chi connectivity index (χ3n) is 6.40. The van der Waals surface area contributed by atoms with Crippen molar-refractivity contribution < 1.29 is 24.0 Å². The Kier molecular flexibility index (Phi) is 10.3. The van der Waals surface area contributed by atoms with Crippen molar-refractivity contribution in [2.45, 2.75) is 66.6 Å². The number of nitrogen functional groups attached to an aromatic ring is 1. The van der Waals surface area contributed by atoms with Gasteiger partial charge in [0.25, 0.3) is 5.69 Å². The van der Waals surface area contributed by atoms with Crippen molar-refractivity contribution in [3.8, 4) is 22.3 Å². The van der Waals surface area contributed by atoms with E-state index in [2.05, 4.69) is 0 Å². The second-order valence-electron chi connectivity index (χ2n) is 12.4. The van der Waals surface area contributed by atoms with Gasteiger partial charge in [-0.05, 0) is 107 Å². The number of esters is 2. The second kappa shape index (κ2) is 13.5. The third kappa shape index (κ3) is 9.01. The lowest BCUT2D eigenvalue weighted by Gasteiger charge is -2.20. The van der Waals surface area contributed by atoms with Crippen LogP contribution in [0.3, 0.4) is 0 Å². The van der Waals surface area contributed by atoms with Crippen molar-refractivity contribution in [3.63, 3.8) is 0 Å². The number of benzene rings is 4. The van der Waals surface area contributed by atoms with Gasteiger partial charge in [0.05, 0.1) is 10.5 Å². The van der Waals surface area contributed by atoms with Crippen molar-refractivity contribution >= 4 is 23.3 Å². The molecule has 0 saturated carbocycles.